The lowest BCUT2D eigenvalue weighted by atomic mass is 10.1. The molecule has 0 amide bonds. The minimum absolute atomic E-state index is 1.31. The summed E-state index contributed by atoms with van der Waals surface area (Å²) in [5, 5.41) is 1.37. The van der Waals surface area contributed by atoms with Crippen molar-refractivity contribution in [2.24, 2.45) is 0 Å². The number of rotatable bonds is 0. The molecule has 0 spiro atoms. The predicted molar refractivity (Wildman–Crippen MR) is 60.8 cm³/mol. The van der Waals surface area contributed by atoms with Gasteiger partial charge in [-0.3, -0.25) is 2.78 Å². The fourth-order valence-electron chi connectivity index (χ4n) is 1.48. The SMILES string of the molecule is Cc1cccc2c1cc(C)n2I. The number of halogens is 1. The molecule has 2 rings (SSSR count). The minimum atomic E-state index is 1.31. The molecule has 0 saturated carbocycles. The Morgan fingerprint density at radius 1 is 1.25 bits per heavy atom. The fourth-order valence-corrected chi connectivity index (χ4v) is 2.04. The molecule has 0 saturated heterocycles. The fraction of sp³-hybridized carbons (Fsp3) is 0.200. The Morgan fingerprint density at radius 3 is 2.67 bits per heavy atom. The number of benzene rings is 1. The van der Waals surface area contributed by atoms with E-state index < -0.39 is 0 Å². The summed E-state index contributed by atoms with van der Waals surface area (Å²) in [6.07, 6.45) is 0. The third-order valence-corrected chi connectivity index (χ3v) is 3.46. The van der Waals surface area contributed by atoms with Gasteiger partial charge in [0, 0.05) is 11.1 Å². The summed E-state index contributed by atoms with van der Waals surface area (Å²) >= 11 is 2.33. The number of fused-ring (bicyclic) bond motifs is 1. The normalized spacial score (nSPS) is 10.9. The maximum absolute atomic E-state index is 2.33. The molecular formula is C10H10IN. The van der Waals surface area contributed by atoms with Crippen LogP contribution in [0.15, 0.2) is 24.3 Å². The molecule has 12 heavy (non-hydrogen) atoms. The highest BCUT2D eigenvalue weighted by atomic mass is 127. The van der Waals surface area contributed by atoms with Crippen molar-refractivity contribution in [2.75, 3.05) is 0 Å². The van der Waals surface area contributed by atoms with Crippen LogP contribution in [0, 0.1) is 13.8 Å². The van der Waals surface area contributed by atoms with Crippen LogP contribution in [0.5, 0.6) is 0 Å². The van der Waals surface area contributed by atoms with Gasteiger partial charge in [0.15, 0.2) is 0 Å². The van der Waals surface area contributed by atoms with E-state index in [4.69, 9.17) is 0 Å². The lowest BCUT2D eigenvalue weighted by molar-refractivity contribution is 1.27. The van der Waals surface area contributed by atoms with E-state index in [1.54, 1.807) is 0 Å². The first-order valence-electron chi connectivity index (χ1n) is 3.94. The van der Waals surface area contributed by atoms with Crippen molar-refractivity contribution < 1.29 is 0 Å². The lowest BCUT2D eigenvalue weighted by Gasteiger charge is -1.96. The van der Waals surface area contributed by atoms with Crippen molar-refractivity contribution in [3.63, 3.8) is 0 Å². The minimum Gasteiger partial charge on any atom is -0.287 e. The summed E-state index contributed by atoms with van der Waals surface area (Å²) in [4.78, 5) is 0. The van der Waals surface area contributed by atoms with Crippen molar-refractivity contribution in [2.45, 2.75) is 13.8 Å². The summed E-state index contributed by atoms with van der Waals surface area (Å²) in [6, 6.07) is 8.64. The van der Waals surface area contributed by atoms with Gasteiger partial charge >= 0.3 is 0 Å². The van der Waals surface area contributed by atoms with Crippen molar-refractivity contribution >= 4 is 33.8 Å². The van der Waals surface area contributed by atoms with E-state index in [0.717, 1.165) is 0 Å². The summed E-state index contributed by atoms with van der Waals surface area (Å²) in [5.41, 5.74) is 3.97. The first-order chi connectivity index (χ1) is 5.70. The third kappa shape index (κ3) is 1.05. The molecule has 1 nitrogen and oxygen atoms in total. The highest BCUT2D eigenvalue weighted by molar-refractivity contribution is 14.1. The monoisotopic (exact) mass is 271 g/mol. The second kappa shape index (κ2) is 2.76. The Labute approximate surface area is 85.9 Å². The molecule has 0 N–H and O–H groups in total. The first-order valence-corrected chi connectivity index (χ1v) is 4.90. The van der Waals surface area contributed by atoms with Crippen LogP contribution < -0.4 is 0 Å². The number of hydrogen-bond donors (Lipinski definition) is 0. The second-order valence-electron chi connectivity index (χ2n) is 3.07. The average Bonchev–Trinajstić information content (AvgIpc) is 2.32. The maximum atomic E-state index is 2.33. The molecule has 2 aromatic rings. The summed E-state index contributed by atoms with van der Waals surface area (Å²) in [6.45, 7) is 4.28. The van der Waals surface area contributed by atoms with E-state index in [1.165, 1.54) is 22.2 Å². The van der Waals surface area contributed by atoms with Gasteiger partial charge in [-0.1, -0.05) is 12.1 Å². The zero-order valence-corrected chi connectivity index (χ0v) is 9.29. The van der Waals surface area contributed by atoms with Crippen LogP contribution in [0.2, 0.25) is 0 Å². The molecule has 0 aliphatic heterocycles. The van der Waals surface area contributed by atoms with Crippen molar-refractivity contribution in [3.8, 4) is 0 Å². The number of nitrogens with zero attached hydrogens (tertiary/aromatic N) is 1. The lowest BCUT2D eigenvalue weighted by Crippen LogP contribution is -1.80. The van der Waals surface area contributed by atoms with E-state index in [1.807, 2.05) is 0 Å². The number of aryl methyl sites for hydroxylation is 2. The molecule has 0 unspecified atom stereocenters. The largest absolute Gasteiger partial charge is 0.287 e. The number of aromatic nitrogens is 1. The van der Waals surface area contributed by atoms with Crippen LogP contribution >= 0.6 is 22.9 Å². The van der Waals surface area contributed by atoms with E-state index >= 15 is 0 Å². The van der Waals surface area contributed by atoms with Gasteiger partial charge in [-0.15, -0.1) is 0 Å². The molecule has 0 radical (unpaired) electrons. The Hall–Kier alpha value is -0.510. The maximum Gasteiger partial charge on any atom is 0.0643 e. The zero-order chi connectivity index (χ0) is 8.72. The summed E-state index contributed by atoms with van der Waals surface area (Å²) in [7, 11) is 0. The van der Waals surface area contributed by atoms with Gasteiger partial charge in [-0.25, -0.2) is 0 Å². The molecule has 2 heteroatoms. The van der Waals surface area contributed by atoms with E-state index in [0.29, 0.717) is 0 Å². The highest BCUT2D eigenvalue weighted by Gasteiger charge is 2.03. The van der Waals surface area contributed by atoms with Crippen LogP contribution in [0.25, 0.3) is 10.9 Å². The Balaban J connectivity index is 2.95. The van der Waals surface area contributed by atoms with Crippen molar-refractivity contribution in [1.82, 2.24) is 2.78 Å². The van der Waals surface area contributed by atoms with E-state index in [-0.39, 0.29) is 0 Å². The highest BCUT2D eigenvalue weighted by Crippen LogP contribution is 2.24. The smallest absolute Gasteiger partial charge is 0.0643 e. The Kier molecular flexibility index (Phi) is 1.87. The molecule has 62 valence electrons. The summed E-state index contributed by atoms with van der Waals surface area (Å²) < 4.78 is 2.19. The zero-order valence-electron chi connectivity index (χ0n) is 7.13. The molecule has 0 atom stereocenters. The average molecular weight is 271 g/mol. The molecule has 1 heterocycles. The van der Waals surface area contributed by atoms with Crippen LogP contribution in [-0.2, 0) is 0 Å². The second-order valence-corrected chi connectivity index (χ2v) is 4.04. The molecule has 0 aliphatic rings. The van der Waals surface area contributed by atoms with E-state index in [2.05, 4.69) is 63.8 Å². The molecule has 0 fully saturated rings. The van der Waals surface area contributed by atoms with Crippen molar-refractivity contribution in [3.05, 3.63) is 35.5 Å². The van der Waals surface area contributed by atoms with Gasteiger partial charge in [0.05, 0.1) is 28.4 Å². The number of hydrogen-bond acceptors (Lipinski definition) is 0. The standard InChI is InChI=1S/C10H10IN/c1-7-4-3-5-10-9(7)6-8(2)12(10)11/h3-6H,1-2H3. The van der Waals surface area contributed by atoms with Crippen LogP contribution in [0.3, 0.4) is 0 Å². The molecule has 1 aromatic heterocycles. The topological polar surface area (TPSA) is 4.93 Å². The quantitative estimate of drug-likeness (QED) is 0.647. The van der Waals surface area contributed by atoms with Crippen LogP contribution in [-0.4, -0.2) is 2.78 Å². The van der Waals surface area contributed by atoms with Gasteiger partial charge < -0.3 is 0 Å². The predicted octanol–water partition coefficient (Wildman–Crippen LogP) is 3.46. The van der Waals surface area contributed by atoms with E-state index in [9.17, 15) is 0 Å². The Bertz CT molecular complexity index is 429. The van der Waals surface area contributed by atoms with Crippen LogP contribution in [0.4, 0.5) is 0 Å². The van der Waals surface area contributed by atoms with Gasteiger partial charge in [-0.2, -0.15) is 0 Å². The molecular weight excluding hydrogens is 261 g/mol. The first kappa shape index (κ1) is 8.10. The molecule has 0 bridgehead atoms. The molecule has 1 aromatic carbocycles. The van der Waals surface area contributed by atoms with Gasteiger partial charge in [0.1, 0.15) is 0 Å². The summed E-state index contributed by atoms with van der Waals surface area (Å²) in [5.74, 6) is 0. The Morgan fingerprint density at radius 2 is 2.00 bits per heavy atom. The van der Waals surface area contributed by atoms with Crippen LogP contribution in [0.1, 0.15) is 11.3 Å². The van der Waals surface area contributed by atoms with Gasteiger partial charge in [0.25, 0.3) is 0 Å². The van der Waals surface area contributed by atoms with Gasteiger partial charge in [-0.05, 0) is 31.5 Å². The van der Waals surface area contributed by atoms with Gasteiger partial charge in [0.2, 0.25) is 0 Å². The third-order valence-electron chi connectivity index (χ3n) is 2.18. The molecule has 0 aliphatic carbocycles. The van der Waals surface area contributed by atoms with Crippen molar-refractivity contribution in [1.29, 1.82) is 0 Å².